The van der Waals surface area contributed by atoms with Gasteiger partial charge in [0.25, 0.3) is 0 Å². The average Bonchev–Trinajstić information content (AvgIpc) is 2.57. The Morgan fingerprint density at radius 2 is 1.71 bits per heavy atom. The van der Waals surface area contributed by atoms with Gasteiger partial charge in [0.2, 0.25) is 0 Å². The molecule has 24 heavy (non-hydrogen) atoms. The number of hydrogen-bond donors (Lipinski definition) is 3. The summed E-state index contributed by atoms with van der Waals surface area (Å²) in [7, 11) is 0. The zero-order chi connectivity index (χ0) is 17.1. The topological polar surface area (TPSA) is 63.9 Å². The fourth-order valence-electron chi connectivity index (χ4n) is 3.18. The third kappa shape index (κ3) is 4.01. The van der Waals surface area contributed by atoms with E-state index < -0.39 is 6.23 Å². The molecule has 0 aliphatic carbocycles. The van der Waals surface area contributed by atoms with Crippen molar-refractivity contribution in [1.29, 1.82) is 0 Å². The lowest BCUT2D eigenvalue weighted by Crippen LogP contribution is -2.39. The SMILES string of the molecule is Oc1cc2c(cc1O)CN(C(O)CCCc1ccc(Cl)cc1)CC2. The van der Waals surface area contributed by atoms with Crippen LogP contribution >= 0.6 is 11.6 Å². The summed E-state index contributed by atoms with van der Waals surface area (Å²) >= 11 is 5.88. The molecule has 0 radical (unpaired) electrons. The van der Waals surface area contributed by atoms with E-state index in [0.29, 0.717) is 13.0 Å². The van der Waals surface area contributed by atoms with Crippen molar-refractivity contribution in [3.8, 4) is 11.5 Å². The number of phenols is 2. The van der Waals surface area contributed by atoms with Crippen LogP contribution in [0.3, 0.4) is 0 Å². The number of aryl methyl sites for hydroxylation is 1. The second-order valence-corrected chi connectivity index (χ2v) is 6.77. The normalized spacial score (nSPS) is 15.9. The molecular weight excluding hydrogens is 326 g/mol. The highest BCUT2D eigenvalue weighted by atomic mass is 35.5. The van der Waals surface area contributed by atoms with E-state index in [-0.39, 0.29) is 11.5 Å². The van der Waals surface area contributed by atoms with E-state index in [0.717, 1.165) is 42.0 Å². The van der Waals surface area contributed by atoms with Crippen LogP contribution in [-0.2, 0) is 19.4 Å². The fraction of sp³-hybridized carbons (Fsp3) is 0.368. The number of aliphatic hydroxyl groups is 1. The van der Waals surface area contributed by atoms with Crippen molar-refractivity contribution >= 4 is 11.6 Å². The van der Waals surface area contributed by atoms with Gasteiger partial charge in [-0.3, -0.25) is 4.90 Å². The molecule has 1 atom stereocenters. The Morgan fingerprint density at radius 1 is 1.04 bits per heavy atom. The second-order valence-electron chi connectivity index (χ2n) is 6.33. The number of aliphatic hydroxyl groups excluding tert-OH is 1. The summed E-state index contributed by atoms with van der Waals surface area (Å²) in [5.41, 5.74) is 3.22. The maximum absolute atomic E-state index is 10.4. The predicted molar refractivity (Wildman–Crippen MR) is 94.3 cm³/mol. The van der Waals surface area contributed by atoms with Gasteiger partial charge in [-0.05, 0) is 66.6 Å². The van der Waals surface area contributed by atoms with Gasteiger partial charge in [0, 0.05) is 18.1 Å². The molecule has 0 bridgehead atoms. The Balaban J connectivity index is 1.53. The number of phenolic OH excluding ortho intramolecular Hbond substituents is 2. The number of halogens is 1. The lowest BCUT2D eigenvalue weighted by molar-refractivity contribution is -0.0126. The van der Waals surface area contributed by atoms with Crippen LogP contribution in [0.1, 0.15) is 29.5 Å². The van der Waals surface area contributed by atoms with Crippen LogP contribution in [0.15, 0.2) is 36.4 Å². The summed E-state index contributed by atoms with van der Waals surface area (Å²) in [6, 6.07) is 11.0. The first kappa shape index (κ1) is 17.1. The molecule has 1 aliphatic rings. The van der Waals surface area contributed by atoms with E-state index in [1.165, 1.54) is 5.56 Å². The highest BCUT2D eigenvalue weighted by molar-refractivity contribution is 6.30. The number of nitrogens with zero attached hydrogens (tertiary/aromatic N) is 1. The Kier molecular flexibility index (Phi) is 5.29. The Bertz CT molecular complexity index is 703. The monoisotopic (exact) mass is 347 g/mol. The summed E-state index contributed by atoms with van der Waals surface area (Å²) in [5, 5.41) is 30.4. The summed E-state index contributed by atoms with van der Waals surface area (Å²) < 4.78 is 0. The van der Waals surface area contributed by atoms with E-state index in [4.69, 9.17) is 11.6 Å². The molecule has 1 unspecified atom stereocenters. The molecule has 0 aromatic heterocycles. The molecule has 0 spiro atoms. The number of hydrogen-bond acceptors (Lipinski definition) is 4. The van der Waals surface area contributed by atoms with Crippen LogP contribution in [0.4, 0.5) is 0 Å². The van der Waals surface area contributed by atoms with E-state index in [1.807, 2.05) is 29.2 Å². The predicted octanol–water partition coefficient (Wildman–Crippen LogP) is 3.45. The van der Waals surface area contributed by atoms with Gasteiger partial charge in [-0.25, -0.2) is 0 Å². The van der Waals surface area contributed by atoms with Crippen LogP contribution in [-0.4, -0.2) is 33.0 Å². The van der Waals surface area contributed by atoms with Crippen LogP contribution in [0.25, 0.3) is 0 Å². The molecular formula is C19H22ClNO3. The molecule has 128 valence electrons. The molecule has 0 amide bonds. The average molecular weight is 348 g/mol. The van der Waals surface area contributed by atoms with Gasteiger partial charge >= 0.3 is 0 Å². The van der Waals surface area contributed by atoms with E-state index in [9.17, 15) is 15.3 Å². The highest BCUT2D eigenvalue weighted by Gasteiger charge is 2.23. The van der Waals surface area contributed by atoms with Gasteiger partial charge in [-0.2, -0.15) is 0 Å². The van der Waals surface area contributed by atoms with Crippen LogP contribution < -0.4 is 0 Å². The number of rotatable bonds is 5. The lowest BCUT2D eigenvalue weighted by atomic mass is 9.98. The zero-order valence-corrected chi connectivity index (χ0v) is 14.2. The van der Waals surface area contributed by atoms with Crippen molar-refractivity contribution in [2.24, 2.45) is 0 Å². The molecule has 0 saturated carbocycles. The quantitative estimate of drug-likeness (QED) is 0.725. The molecule has 4 nitrogen and oxygen atoms in total. The molecule has 1 heterocycles. The summed E-state index contributed by atoms with van der Waals surface area (Å²) in [5.74, 6) is -0.182. The van der Waals surface area contributed by atoms with Crippen LogP contribution in [0, 0.1) is 0 Å². The van der Waals surface area contributed by atoms with Crippen molar-refractivity contribution in [1.82, 2.24) is 4.90 Å². The van der Waals surface area contributed by atoms with E-state index in [2.05, 4.69) is 0 Å². The fourth-order valence-corrected chi connectivity index (χ4v) is 3.31. The number of fused-ring (bicyclic) bond motifs is 1. The van der Waals surface area contributed by atoms with Crippen LogP contribution in [0.5, 0.6) is 11.5 Å². The third-order valence-electron chi connectivity index (χ3n) is 4.60. The van der Waals surface area contributed by atoms with Crippen molar-refractivity contribution in [3.05, 3.63) is 58.1 Å². The molecule has 1 aliphatic heterocycles. The Hall–Kier alpha value is -1.75. The van der Waals surface area contributed by atoms with Crippen LogP contribution in [0.2, 0.25) is 5.02 Å². The van der Waals surface area contributed by atoms with Gasteiger partial charge < -0.3 is 15.3 Å². The molecule has 5 heteroatoms. The smallest absolute Gasteiger partial charge is 0.157 e. The number of aromatic hydroxyl groups is 2. The summed E-state index contributed by atoms with van der Waals surface area (Å²) in [6.07, 6.45) is 2.76. The van der Waals surface area contributed by atoms with Gasteiger partial charge in [0.05, 0.1) is 0 Å². The third-order valence-corrected chi connectivity index (χ3v) is 4.85. The highest BCUT2D eigenvalue weighted by Crippen LogP contribution is 2.32. The molecule has 2 aromatic carbocycles. The second kappa shape index (κ2) is 7.43. The Morgan fingerprint density at radius 3 is 2.42 bits per heavy atom. The zero-order valence-electron chi connectivity index (χ0n) is 13.5. The molecule has 2 aromatic rings. The summed E-state index contributed by atoms with van der Waals surface area (Å²) in [6.45, 7) is 1.34. The molecule has 3 N–H and O–H groups in total. The maximum atomic E-state index is 10.4. The first-order valence-electron chi connectivity index (χ1n) is 8.23. The minimum atomic E-state index is -0.499. The van der Waals surface area contributed by atoms with E-state index in [1.54, 1.807) is 12.1 Å². The van der Waals surface area contributed by atoms with Gasteiger partial charge in [0.1, 0.15) is 6.23 Å². The first-order valence-corrected chi connectivity index (χ1v) is 8.61. The standard InChI is InChI=1S/C19H22ClNO3/c20-16-6-4-13(5-7-16)2-1-3-19(24)21-9-8-14-10-17(22)18(23)11-15(14)12-21/h4-7,10-11,19,22-24H,1-3,8-9,12H2. The van der Waals surface area contributed by atoms with Crippen molar-refractivity contribution in [3.63, 3.8) is 0 Å². The van der Waals surface area contributed by atoms with Gasteiger partial charge in [0.15, 0.2) is 11.5 Å². The lowest BCUT2D eigenvalue weighted by Gasteiger charge is -2.32. The van der Waals surface area contributed by atoms with Gasteiger partial charge in [-0.15, -0.1) is 0 Å². The minimum Gasteiger partial charge on any atom is -0.504 e. The largest absolute Gasteiger partial charge is 0.504 e. The number of benzene rings is 2. The first-order chi connectivity index (χ1) is 11.5. The van der Waals surface area contributed by atoms with Gasteiger partial charge in [-0.1, -0.05) is 23.7 Å². The van der Waals surface area contributed by atoms with Crippen molar-refractivity contribution in [2.45, 2.75) is 38.5 Å². The van der Waals surface area contributed by atoms with Crippen molar-refractivity contribution in [2.75, 3.05) is 6.54 Å². The molecule has 3 rings (SSSR count). The summed E-state index contributed by atoms with van der Waals surface area (Å²) in [4.78, 5) is 2.01. The minimum absolute atomic E-state index is 0.0780. The van der Waals surface area contributed by atoms with Crippen molar-refractivity contribution < 1.29 is 15.3 Å². The van der Waals surface area contributed by atoms with E-state index >= 15 is 0 Å². The maximum Gasteiger partial charge on any atom is 0.157 e. The Labute approximate surface area is 146 Å². The molecule has 0 fully saturated rings. The molecule has 0 saturated heterocycles.